The topological polar surface area (TPSA) is 52.3 Å². The highest BCUT2D eigenvalue weighted by molar-refractivity contribution is 7.95. The van der Waals surface area contributed by atoms with Gasteiger partial charge in [0, 0.05) is 11.3 Å². The van der Waals surface area contributed by atoms with Crippen LogP contribution in [0.25, 0.3) is 0 Å². The fourth-order valence-corrected chi connectivity index (χ4v) is 8.86. The maximum Gasteiger partial charge on any atom is 0.342 e. The summed E-state index contributed by atoms with van der Waals surface area (Å²) >= 11 is 0. The summed E-state index contributed by atoms with van der Waals surface area (Å²) in [4.78, 5) is 12.9. The first-order chi connectivity index (χ1) is 14.7. The molecule has 0 radical (unpaired) electrons. The normalized spacial score (nSPS) is 15.0. The molecule has 0 saturated carbocycles. The predicted octanol–water partition coefficient (Wildman–Crippen LogP) is 1.44. The van der Waals surface area contributed by atoms with E-state index in [-0.39, 0.29) is 23.0 Å². The number of ether oxygens (including phenoxy) is 1. The molecule has 2 N–H and O–H groups in total. The quantitative estimate of drug-likeness (QED) is 0.268. The molecule has 0 amide bonds. The Labute approximate surface area is 193 Å². The molecular formula is C26H21BrNO2P. The monoisotopic (exact) mass is 489 g/mol. The molecule has 5 rings (SSSR count). The van der Waals surface area contributed by atoms with Crippen LogP contribution in [0.4, 0.5) is 5.69 Å². The Hall–Kier alpha value is -2.94. The fraction of sp³-hybridized carbons (Fsp3) is 0.0385. The van der Waals surface area contributed by atoms with Crippen LogP contribution in [0.2, 0.25) is 0 Å². The van der Waals surface area contributed by atoms with E-state index in [2.05, 4.69) is 72.8 Å². The van der Waals surface area contributed by atoms with Crippen LogP contribution >= 0.6 is 7.26 Å². The fourth-order valence-electron chi connectivity index (χ4n) is 4.32. The number of nitrogens with two attached hydrogens (primary N) is 1. The summed E-state index contributed by atoms with van der Waals surface area (Å²) in [5.74, 6) is -0.720. The molecule has 1 aliphatic rings. The first kappa shape index (κ1) is 21.3. The van der Waals surface area contributed by atoms with Gasteiger partial charge in [-0.3, -0.25) is 0 Å². The number of esters is 1. The number of rotatable bonds is 4. The number of carbonyl (C=O) groups is 1. The minimum absolute atomic E-state index is 0. The van der Waals surface area contributed by atoms with Gasteiger partial charge >= 0.3 is 5.97 Å². The third-order valence-electron chi connectivity index (χ3n) is 5.62. The van der Waals surface area contributed by atoms with Crippen molar-refractivity contribution in [3.63, 3.8) is 0 Å². The molecule has 5 heteroatoms. The molecule has 1 atom stereocenters. The van der Waals surface area contributed by atoms with E-state index in [1.54, 1.807) is 6.07 Å². The lowest BCUT2D eigenvalue weighted by atomic mass is 10.1. The van der Waals surface area contributed by atoms with Gasteiger partial charge in [0.25, 0.3) is 0 Å². The molecule has 3 nitrogen and oxygen atoms in total. The number of hydrogen-bond donors (Lipinski definition) is 1. The van der Waals surface area contributed by atoms with Crippen molar-refractivity contribution in [2.45, 2.75) is 5.85 Å². The molecule has 4 aromatic carbocycles. The van der Waals surface area contributed by atoms with Gasteiger partial charge in [0.2, 0.25) is 5.85 Å². The Morgan fingerprint density at radius 2 is 1.13 bits per heavy atom. The van der Waals surface area contributed by atoms with Gasteiger partial charge in [0.15, 0.2) is 7.26 Å². The van der Waals surface area contributed by atoms with Gasteiger partial charge in [-0.05, 0) is 54.6 Å². The van der Waals surface area contributed by atoms with Crippen LogP contribution in [0, 0.1) is 0 Å². The predicted molar refractivity (Wildman–Crippen MR) is 124 cm³/mol. The van der Waals surface area contributed by atoms with Crippen LogP contribution in [0.5, 0.6) is 0 Å². The smallest absolute Gasteiger partial charge is 0.342 e. The number of benzene rings is 4. The number of carbonyl (C=O) groups excluding carboxylic acids is 1. The molecule has 0 spiro atoms. The number of anilines is 1. The number of fused-ring (bicyclic) bond motifs is 1. The Morgan fingerprint density at radius 3 is 1.58 bits per heavy atom. The Morgan fingerprint density at radius 1 is 0.677 bits per heavy atom. The zero-order chi connectivity index (χ0) is 20.6. The van der Waals surface area contributed by atoms with Crippen molar-refractivity contribution < 1.29 is 26.5 Å². The Bertz CT molecular complexity index is 1100. The maximum absolute atomic E-state index is 12.9. The summed E-state index contributed by atoms with van der Waals surface area (Å²) in [7, 11) is -2.37. The van der Waals surface area contributed by atoms with E-state index >= 15 is 0 Å². The highest BCUT2D eigenvalue weighted by Crippen LogP contribution is 2.69. The van der Waals surface area contributed by atoms with Crippen molar-refractivity contribution in [2.24, 2.45) is 0 Å². The standard InChI is InChI=1S/C26H21NO2P.BrH/c27-19-16-17-23-24(18-19)25(28)29-26(23)30(20-10-4-1-5-11-20,21-12-6-2-7-13-21)22-14-8-3-9-15-22;/h1-18,26H,27H2;1H/q+1;/p-1. The van der Waals surface area contributed by atoms with Gasteiger partial charge in [0.1, 0.15) is 15.9 Å². The van der Waals surface area contributed by atoms with Crippen molar-refractivity contribution in [2.75, 3.05) is 5.73 Å². The average Bonchev–Trinajstić information content (AvgIpc) is 3.12. The average molecular weight is 490 g/mol. The molecule has 0 bridgehead atoms. The molecule has 0 aromatic heterocycles. The van der Waals surface area contributed by atoms with Gasteiger partial charge in [-0.25, -0.2) is 4.79 Å². The SMILES string of the molecule is Nc1ccc2c(c1)C(=O)OC2[P+](c1ccccc1)(c1ccccc1)c1ccccc1.[Br-]. The van der Waals surface area contributed by atoms with Crippen LogP contribution in [-0.2, 0) is 4.74 Å². The van der Waals surface area contributed by atoms with Gasteiger partial charge < -0.3 is 27.5 Å². The van der Waals surface area contributed by atoms with Crippen LogP contribution in [0.15, 0.2) is 109 Å². The number of halogens is 1. The molecule has 0 aliphatic carbocycles. The van der Waals surface area contributed by atoms with Crippen LogP contribution in [0.1, 0.15) is 21.8 Å². The second kappa shape index (κ2) is 8.66. The third kappa shape index (κ3) is 3.46. The molecule has 1 heterocycles. The molecule has 1 unspecified atom stereocenters. The molecular weight excluding hydrogens is 469 g/mol. The lowest BCUT2D eigenvalue weighted by Crippen LogP contribution is -3.00. The first-order valence-electron chi connectivity index (χ1n) is 9.87. The maximum atomic E-state index is 12.9. The summed E-state index contributed by atoms with van der Waals surface area (Å²) in [5.41, 5.74) is 8.01. The molecule has 0 fully saturated rings. The number of hydrogen-bond acceptors (Lipinski definition) is 3. The van der Waals surface area contributed by atoms with Crippen molar-refractivity contribution in [1.29, 1.82) is 0 Å². The second-order valence-electron chi connectivity index (χ2n) is 7.33. The van der Waals surface area contributed by atoms with E-state index in [0.29, 0.717) is 11.3 Å². The summed E-state index contributed by atoms with van der Waals surface area (Å²) < 4.78 is 6.17. The highest BCUT2D eigenvalue weighted by atomic mass is 79.9. The summed E-state index contributed by atoms with van der Waals surface area (Å²) in [6.45, 7) is 0. The van der Waals surface area contributed by atoms with E-state index in [1.807, 2.05) is 30.3 Å². The minimum atomic E-state index is -2.37. The number of nitrogen functional groups attached to an aromatic ring is 1. The van der Waals surface area contributed by atoms with Gasteiger partial charge in [0.05, 0.1) is 5.56 Å². The lowest BCUT2D eigenvalue weighted by molar-refractivity contribution is -0.0000232. The second-order valence-corrected chi connectivity index (χ2v) is 10.8. The molecule has 31 heavy (non-hydrogen) atoms. The Kier molecular flexibility index (Phi) is 5.95. The van der Waals surface area contributed by atoms with E-state index in [1.165, 1.54) is 15.9 Å². The molecule has 1 aliphatic heterocycles. The number of cyclic esters (lactones) is 1. The van der Waals surface area contributed by atoms with Crippen molar-refractivity contribution >= 4 is 34.8 Å². The third-order valence-corrected chi connectivity index (χ3v) is 10.0. The van der Waals surface area contributed by atoms with Gasteiger partial charge in [-0.15, -0.1) is 0 Å². The molecule has 154 valence electrons. The van der Waals surface area contributed by atoms with Crippen molar-refractivity contribution in [3.8, 4) is 0 Å². The van der Waals surface area contributed by atoms with E-state index in [4.69, 9.17) is 10.5 Å². The highest BCUT2D eigenvalue weighted by Gasteiger charge is 2.58. The first-order valence-corrected chi connectivity index (χ1v) is 11.7. The zero-order valence-corrected chi connectivity index (χ0v) is 19.2. The van der Waals surface area contributed by atoms with E-state index in [9.17, 15) is 4.79 Å². The van der Waals surface area contributed by atoms with Crippen LogP contribution in [-0.4, -0.2) is 5.97 Å². The van der Waals surface area contributed by atoms with Gasteiger partial charge in [-0.2, -0.15) is 0 Å². The minimum Gasteiger partial charge on any atom is -1.00 e. The largest absolute Gasteiger partial charge is 1.00 e. The molecule has 4 aromatic rings. The van der Waals surface area contributed by atoms with Gasteiger partial charge in [-0.1, -0.05) is 54.6 Å². The Balaban J connectivity index is 0.00000231. The lowest BCUT2D eigenvalue weighted by Gasteiger charge is -2.31. The molecule has 0 saturated heterocycles. The zero-order valence-electron chi connectivity index (χ0n) is 16.7. The van der Waals surface area contributed by atoms with Crippen molar-refractivity contribution in [1.82, 2.24) is 0 Å². The van der Waals surface area contributed by atoms with E-state index in [0.717, 1.165) is 5.56 Å². The van der Waals surface area contributed by atoms with Crippen LogP contribution < -0.4 is 38.6 Å². The van der Waals surface area contributed by atoms with Crippen LogP contribution in [0.3, 0.4) is 0 Å². The summed E-state index contributed by atoms with van der Waals surface area (Å²) in [6.07, 6.45) is 0. The van der Waals surface area contributed by atoms with E-state index < -0.39 is 13.1 Å². The van der Waals surface area contributed by atoms with Crippen molar-refractivity contribution in [3.05, 3.63) is 120 Å². The summed E-state index contributed by atoms with van der Waals surface area (Å²) in [5, 5.41) is 3.51. The summed E-state index contributed by atoms with van der Waals surface area (Å²) in [6, 6.07) is 36.8.